The number of likely N-dealkylation sites (tertiary alicyclic amines) is 1. The van der Waals surface area contributed by atoms with Crippen LogP contribution in [0.4, 0.5) is 0 Å². The Bertz CT molecular complexity index is 848. The monoisotopic (exact) mass is 426 g/mol. The van der Waals surface area contributed by atoms with Gasteiger partial charge in [-0.05, 0) is 56.6 Å². The van der Waals surface area contributed by atoms with Gasteiger partial charge in [0.2, 0.25) is 0 Å². The number of rotatable bonds is 9. The van der Waals surface area contributed by atoms with Crippen LogP contribution in [0.3, 0.4) is 0 Å². The van der Waals surface area contributed by atoms with Crippen molar-refractivity contribution in [3.8, 4) is 17.2 Å². The first-order valence-electron chi connectivity index (χ1n) is 10.9. The fraction of sp³-hybridized carbons (Fsp3) is 0.458. The maximum absolute atomic E-state index is 10.3. The maximum atomic E-state index is 10.3. The molecule has 1 fully saturated rings. The third-order valence-corrected chi connectivity index (χ3v) is 5.60. The number of ether oxygens (including phenoxy) is 2. The van der Waals surface area contributed by atoms with Crippen molar-refractivity contribution in [2.24, 2.45) is 4.99 Å². The summed E-state index contributed by atoms with van der Waals surface area (Å²) in [7, 11) is 3.24. The Kier molecular flexibility index (Phi) is 8.41. The number of nitrogens with one attached hydrogen (secondary N) is 2. The van der Waals surface area contributed by atoms with Gasteiger partial charge in [-0.25, -0.2) is 4.99 Å². The van der Waals surface area contributed by atoms with E-state index < -0.39 is 0 Å². The highest BCUT2D eigenvalue weighted by molar-refractivity contribution is 5.79. The standard InChI is InChI=1S/C24H34N4O3/c1-4-25-24(26-16-19-8-7-9-22(31-3)23(19)29)27-17-21(28-14-5-6-15-28)18-10-12-20(30-2)13-11-18/h7-13,21,29H,4-6,14-17H2,1-3H3,(H2,25,26,27). The molecule has 7 nitrogen and oxygen atoms in total. The quantitative estimate of drug-likeness (QED) is 0.422. The molecule has 168 valence electrons. The molecule has 0 aliphatic carbocycles. The van der Waals surface area contributed by atoms with Gasteiger partial charge >= 0.3 is 0 Å². The van der Waals surface area contributed by atoms with Gasteiger partial charge in [0.1, 0.15) is 5.75 Å². The number of benzene rings is 2. The Hall–Kier alpha value is -2.93. The fourth-order valence-corrected chi connectivity index (χ4v) is 3.90. The van der Waals surface area contributed by atoms with Gasteiger partial charge in [-0.2, -0.15) is 0 Å². The van der Waals surface area contributed by atoms with Crippen LogP contribution in [-0.4, -0.2) is 56.4 Å². The van der Waals surface area contributed by atoms with E-state index in [9.17, 15) is 5.11 Å². The van der Waals surface area contributed by atoms with Crippen LogP contribution in [0.25, 0.3) is 0 Å². The van der Waals surface area contributed by atoms with Gasteiger partial charge in [-0.1, -0.05) is 24.3 Å². The van der Waals surface area contributed by atoms with Crippen molar-refractivity contribution in [2.75, 3.05) is 40.4 Å². The summed E-state index contributed by atoms with van der Waals surface area (Å²) in [5.41, 5.74) is 1.99. The van der Waals surface area contributed by atoms with Crippen molar-refractivity contribution in [1.29, 1.82) is 0 Å². The Labute approximate surface area is 185 Å². The molecule has 0 aromatic heterocycles. The van der Waals surface area contributed by atoms with E-state index in [4.69, 9.17) is 9.47 Å². The molecule has 0 amide bonds. The number of methoxy groups -OCH3 is 2. The molecule has 1 aliphatic heterocycles. The molecule has 31 heavy (non-hydrogen) atoms. The smallest absolute Gasteiger partial charge is 0.191 e. The lowest BCUT2D eigenvalue weighted by Gasteiger charge is -2.29. The van der Waals surface area contributed by atoms with Crippen LogP contribution >= 0.6 is 0 Å². The summed E-state index contributed by atoms with van der Waals surface area (Å²) in [6, 6.07) is 14.0. The van der Waals surface area contributed by atoms with Crippen molar-refractivity contribution in [3.05, 3.63) is 53.6 Å². The molecule has 1 saturated heterocycles. The number of hydrogen-bond acceptors (Lipinski definition) is 5. The lowest BCUT2D eigenvalue weighted by atomic mass is 10.1. The van der Waals surface area contributed by atoms with E-state index in [0.29, 0.717) is 12.3 Å². The molecule has 0 bridgehead atoms. The summed E-state index contributed by atoms with van der Waals surface area (Å²) in [6.45, 7) is 6.10. The first kappa shape index (κ1) is 22.7. The summed E-state index contributed by atoms with van der Waals surface area (Å²) in [6.07, 6.45) is 2.46. The molecule has 1 heterocycles. The van der Waals surface area contributed by atoms with Crippen LogP contribution < -0.4 is 20.1 Å². The molecule has 2 aromatic carbocycles. The number of para-hydroxylation sites is 1. The highest BCUT2D eigenvalue weighted by Gasteiger charge is 2.23. The van der Waals surface area contributed by atoms with Gasteiger partial charge in [0.15, 0.2) is 17.5 Å². The van der Waals surface area contributed by atoms with Crippen molar-refractivity contribution >= 4 is 5.96 Å². The number of aromatic hydroxyl groups is 1. The van der Waals surface area contributed by atoms with Crippen LogP contribution in [0.1, 0.15) is 36.9 Å². The number of nitrogens with zero attached hydrogens (tertiary/aromatic N) is 2. The molecule has 0 spiro atoms. The van der Waals surface area contributed by atoms with Gasteiger partial charge in [0, 0.05) is 18.7 Å². The molecule has 1 unspecified atom stereocenters. The maximum Gasteiger partial charge on any atom is 0.191 e. The lowest BCUT2D eigenvalue weighted by Crippen LogP contribution is -2.42. The van der Waals surface area contributed by atoms with Crippen LogP contribution in [0, 0.1) is 0 Å². The molecule has 1 aliphatic rings. The molecule has 0 saturated carbocycles. The largest absolute Gasteiger partial charge is 0.504 e. The minimum atomic E-state index is 0.137. The second-order valence-electron chi connectivity index (χ2n) is 7.58. The van der Waals surface area contributed by atoms with Gasteiger partial charge < -0.3 is 25.2 Å². The Morgan fingerprint density at radius 2 is 1.81 bits per heavy atom. The van der Waals surface area contributed by atoms with E-state index in [-0.39, 0.29) is 11.8 Å². The van der Waals surface area contributed by atoms with E-state index in [1.165, 1.54) is 18.4 Å². The number of guanidine groups is 1. The predicted molar refractivity (Wildman–Crippen MR) is 124 cm³/mol. The fourth-order valence-electron chi connectivity index (χ4n) is 3.90. The SMILES string of the molecule is CCNC(=NCc1cccc(OC)c1O)NCC(c1ccc(OC)cc1)N1CCCC1. The Morgan fingerprint density at radius 3 is 2.45 bits per heavy atom. The molecule has 2 aromatic rings. The first-order chi connectivity index (χ1) is 15.2. The van der Waals surface area contributed by atoms with E-state index in [0.717, 1.165) is 43.5 Å². The number of phenolic OH excluding ortho intramolecular Hbond substituents is 1. The van der Waals surface area contributed by atoms with Crippen LogP contribution in [0.15, 0.2) is 47.5 Å². The normalized spacial score (nSPS) is 15.5. The zero-order valence-electron chi connectivity index (χ0n) is 18.7. The number of hydrogen-bond donors (Lipinski definition) is 3. The van der Waals surface area contributed by atoms with Crippen LogP contribution in [0.2, 0.25) is 0 Å². The van der Waals surface area contributed by atoms with Crippen LogP contribution in [-0.2, 0) is 6.54 Å². The third-order valence-electron chi connectivity index (χ3n) is 5.60. The summed E-state index contributed by atoms with van der Waals surface area (Å²) in [4.78, 5) is 7.20. The van der Waals surface area contributed by atoms with Crippen molar-refractivity contribution in [2.45, 2.75) is 32.4 Å². The molecule has 3 rings (SSSR count). The number of aliphatic imine (C=N–C) groups is 1. The Balaban J connectivity index is 1.72. The minimum Gasteiger partial charge on any atom is -0.504 e. The molecule has 1 atom stereocenters. The summed E-state index contributed by atoms with van der Waals surface area (Å²) >= 11 is 0. The summed E-state index contributed by atoms with van der Waals surface area (Å²) in [5.74, 6) is 2.18. The van der Waals surface area contributed by atoms with Gasteiger partial charge in [-0.15, -0.1) is 0 Å². The second-order valence-corrected chi connectivity index (χ2v) is 7.58. The van der Waals surface area contributed by atoms with E-state index >= 15 is 0 Å². The molecule has 7 heteroatoms. The number of phenols is 1. The highest BCUT2D eigenvalue weighted by Crippen LogP contribution is 2.30. The van der Waals surface area contributed by atoms with Crippen molar-refractivity contribution in [1.82, 2.24) is 15.5 Å². The highest BCUT2D eigenvalue weighted by atomic mass is 16.5. The zero-order chi connectivity index (χ0) is 22.1. The topological polar surface area (TPSA) is 78.4 Å². The van der Waals surface area contributed by atoms with Crippen molar-refractivity contribution in [3.63, 3.8) is 0 Å². The van der Waals surface area contributed by atoms with E-state index in [1.807, 2.05) is 31.2 Å². The minimum absolute atomic E-state index is 0.137. The average Bonchev–Trinajstić information content (AvgIpc) is 3.33. The molecule has 0 radical (unpaired) electrons. The van der Waals surface area contributed by atoms with Crippen LogP contribution in [0.5, 0.6) is 17.2 Å². The van der Waals surface area contributed by atoms with E-state index in [2.05, 4.69) is 32.7 Å². The van der Waals surface area contributed by atoms with Gasteiger partial charge in [0.25, 0.3) is 0 Å². The zero-order valence-corrected chi connectivity index (χ0v) is 18.7. The second kappa shape index (κ2) is 11.5. The third kappa shape index (κ3) is 6.04. The first-order valence-corrected chi connectivity index (χ1v) is 10.9. The molecule has 3 N–H and O–H groups in total. The summed E-state index contributed by atoms with van der Waals surface area (Å²) in [5, 5.41) is 17.1. The molecular weight excluding hydrogens is 392 g/mol. The van der Waals surface area contributed by atoms with E-state index in [1.54, 1.807) is 20.3 Å². The summed E-state index contributed by atoms with van der Waals surface area (Å²) < 4.78 is 10.5. The van der Waals surface area contributed by atoms with Crippen molar-refractivity contribution < 1.29 is 14.6 Å². The van der Waals surface area contributed by atoms with Gasteiger partial charge in [0.05, 0.1) is 26.8 Å². The predicted octanol–water partition coefficient (Wildman–Crippen LogP) is 3.30. The van der Waals surface area contributed by atoms with Gasteiger partial charge in [-0.3, -0.25) is 4.90 Å². The molecular formula is C24H34N4O3. The Morgan fingerprint density at radius 1 is 1.06 bits per heavy atom. The average molecular weight is 427 g/mol. The lowest BCUT2D eigenvalue weighted by molar-refractivity contribution is 0.245.